The topological polar surface area (TPSA) is 69.9 Å². The number of aromatic nitrogens is 2. The number of aryl methyl sites for hydroxylation is 1. The van der Waals surface area contributed by atoms with Crippen molar-refractivity contribution in [2.24, 2.45) is 12.8 Å². The van der Waals surface area contributed by atoms with Crippen LogP contribution in [0.25, 0.3) is 5.70 Å². The third-order valence-electron chi connectivity index (χ3n) is 1.27. The fraction of sp³-hybridized carbons (Fsp3) is 0.167. The molecule has 0 fully saturated rings. The average Bonchev–Trinajstić information content (AvgIpc) is 2.11. The van der Waals surface area contributed by atoms with Crippen LogP contribution in [0.2, 0.25) is 0 Å². The first-order chi connectivity index (χ1) is 4.63. The number of anilines is 1. The van der Waals surface area contributed by atoms with Crippen molar-refractivity contribution in [1.29, 1.82) is 0 Å². The van der Waals surface area contributed by atoms with Crippen LogP contribution >= 0.6 is 0 Å². The molecule has 0 bridgehead atoms. The molecule has 4 N–H and O–H groups in total. The van der Waals surface area contributed by atoms with E-state index in [9.17, 15) is 0 Å². The maximum atomic E-state index is 5.52. The largest absolute Gasteiger partial charge is 0.397 e. The minimum absolute atomic E-state index is 0.442. The molecular weight excluding hydrogens is 128 g/mol. The third kappa shape index (κ3) is 0.834. The molecule has 1 rings (SSSR count). The average molecular weight is 138 g/mol. The lowest BCUT2D eigenvalue weighted by Gasteiger charge is -1.99. The van der Waals surface area contributed by atoms with Crippen molar-refractivity contribution in [3.63, 3.8) is 0 Å². The molecule has 0 aliphatic rings. The second-order valence-corrected chi connectivity index (χ2v) is 2.10. The van der Waals surface area contributed by atoms with E-state index in [4.69, 9.17) is 11.5 Å². The van der Waals surface area contributed by atoms with Gasteiger partial charge in [-0.05, 0) is 0 Å². The molecule has 0 radical (unpaired) electrons. The second-order valence-electron chi connectivity index (χ2n) is 2.10. The molecule has 1 aromatic rings. The summed E-state index contributed by atoms with van der Waals surface area (Å²) in [7, 11) is 1.77. The van der Waals surface area contributed by atoms with E-state index in [0.717, 1.165) is 0 Å². The summed E-state index contributed by atoms with van der Waals surface area (Å²) in [5.41, 5.74) is 12.6. The predicted molar refractivity (Wildman–Crippen MR) is 40.8 cm³/mol. The van der Waals surface area contributed by atoms with Crippen LogP contribution in [0.4, 0.5) is 5.69 Å². The van der Waals surface area contributed by atoms with Crippen LogP contribution in [0.5, 0.6) is 0 Å². The molecule has 0 spiro atoms. The summed E-state index contributed by atoms with van der Waals surface area (Å²) in [6.45, 7) is 3.56. The molecule has 0 aromatic carbocycles. The van der Waals surface area contributed by atoms with Gasteiger partial charge in [0, 0.05) is 7.05 Å². The molecule has 1 aromatic heterocycles. The van der Waals surface area contributed by atoms with Gasteiger partial charge < -0.3 is 11.5 Å². The van der Waals surface area contributed by atoms with Crippen molar-refractivity contribution in [2.45, 2.75) is 0 Å². The first kappa shape index (κ1) is 6.67. The van der Waals surface area contributed by atoms with E-state index < -0.39 is 0 Å². The first-order valence-electron chi connectivity index (χ1n) is 2.85. The summed E-state index contributed by atoms with van der Waals surface area (Å²) in [5, 5.41) is 3.89. The molecule has 54 valence electrons. The molecule has 10 heavy (non-hydrogen) atoms. The van der Waals surface area contributed by atoms with E-state index in [2.05, 4.69) is 11.7 Å². The van der Waals surface area contributed by atoms with E-state index in [1.54, 1.807) is 17.9 Å². The Morgan fingerprint density at radius 2 is 2.40 bits per heavy atom. The Hall–Kier alpha value is -1.45. The van der Waals surface area contributed by atoms with E-state index in [1.165, 1.54) is 0 Å². The summed E-state index contributed by atoms with van der Waals surface area (Å²) < 4.78 is 1.59. The highest BCUT2D eigenvalue weighted by Crippen LogP contribution is 2.13. The lowest BCUT2D eigenvalue weighted by atomic mass is 10.3. The van der Waals surface area contributed by atoms with Crippen LogP contribution in [0.1, 0.15) is 5.69 Å². The van der Waals surface area contributed by atoms with Crippen LogP contribution in [0, 0.1) is 0 Å². The molecule has 0 amide bonds. The smallest absolute Gasteiger partial charge is 0.106 e. The normalized spacial score (nSPS) is 9.70. The Bertz CT molecular complexity index is 241. The fourth-order valence-electron chi connectivity index (χ4n) is 0.848. The van der Waals surface area contributed by atoms with Crippen LogP contribution in [0.3, 0.4) is 0 Å². The Morgan fingerprint density at radius 3 is 2.60 bits per heavy atom. The molecule has 0 aliphatic carbocycles. The van der Waals surface area contributed by atoms with Crippen molar-refractivity contribution in [2.75, 3.05) is 5.73 Å². The van der Waals surface area contributed by atoms with Gasteiger partial charge in [0.05, 0.1) is 17.6 Å². The number of hydrogen-bond donors (Lipinski definition) is 2. The van der Waals surface area contributed by atoms with Crippen LogP contribution < -0.4 is 11.5 Å². The second kappa shape index (κ2) is 2.06. The summed E-state index contributed by atoms with van der Waals surface area (Å²) in [6.07, 6.45) is 1.55. The number of rotatable bonds is 1. The lowest BCUT2D eigenvalue weighted by Crippen LogP contribution is -2.04. The lowest BCUT2D eigenvalue weighted by molar-refractivity contribution is 0.755. The van der Waals surface area contributed by atoms with Crippen LogP contribution in [-0.2, 0) is 7.05 Å². The Morgan fingerprint density at radius 1 is 1.80 bits per heavy atom. The zero-order valence-electron chi connectivity index (χ0n) is 5.83. The molecule has 0 aliphatic heterocycles. The fourth-order valence-corrected chi connectivity index (χ4v) is 0.848. The van der Waals surface area contributed by atoms with Gasteiger partial charge in [-0.1, -0.05) is 6.58 Å². The van der Waals surface area contributed by atoms with Gasteiger partial charge in [0.2, 0.25) is 0 Å². The zero-order valence-corrected chi connectivity index (χ0v) is 5.83. The molecule has 0 saturated heterocycles. The Balaban J connectivity index is 3.23. The standard InChI is InChI=1S/C6H10N4/c1-4(7)6-5(8)3-9-10(6)2/h3H,1,7-8H2,2H3. The molecular formula is C6H10N4. The van der Waals surface area contributed by atoms with E-state index in [0.29, 0.717) is 17.1 Å². The maximum Gasteiger partial charge on any atom is 0.106 e. The molecule has 4 heteroatoms. The molecule has 0 saturated carbocycles. The highest BCUT2D eigenvalue weighted by atomic mass is 15.3. The number of nitrogens with two attached hydrogens (primary N) is 2. The monoisotopic (exact) mass is 138 g/mol. The quantitative estimate of drug-likeness (QED) is 0.570. The van der Waals surface area contributed by atoms with Gasteiger partial charge >= 0.3 is 0 Å². The Labute approximate surface area is 59.1 Å². The first-order valence-corrected chi connectivity index (χ1v) is 2.85. The van der Waals surface area contributed by atoms with Gasteiger partial charge in [-0.15, -0.1) is 0 Å². The van der Waals surface area contributed by atoms with Crippen molar-refractivity contribution in [3.8, 4) is 0 Å². The van der Waals surface area contributed by atoms with Crippen LogP contribution in [-0.4, -0.2) is 9.78 Å². The SMILES string of the molecule is C=C(N)c1c(N)cnn1C. The zero-order chi connectivity index (χ0) is 7.72. The number of nitrogen functional groups attached to an aromatic ring is 1. The van der Waals surface area contributed by atoms with Gasteiger partial charge in [0.1, 0.15) is 5.69 Å². The van der Waals surface area contributed by atoms with Crippen molar-refractivity contribution in [1.82, 2.24) is 9.78 Å². The predicted octanol–water partition coefficient (Wildman–Crippen LogP) is -0.0683. The molecule has 4 nitrogen and oxygen atoms in total. The molecule has 0 atom stereocenters. The molecule has 0 unspecified atom stereocenters. The summed E-state index contributed by atoms with van der Waals surface area (Å²) in [4.78, 5) is 0. The van der Waals surface area contributed by atoms with Gasteiger partial charge in [-0.3, -0.25) is 4.68 Å². The highest BCUT2D eigenvalue weighted by Gasteiger charge is 2.04. The van der Waals surface area contributed by atoms with Gasteiger partial charge in [-0.25, -0.2) is 0 Å². The molecule has 1 heterocycles. The van der Waals surface area contributed by atoms with E-state index in [1.807, 2.05) is 0 Å². The van der Waals surface area contributed by atoms with Crippen molar-refractivity contribution in [3.05, 3.63) is 18.5 Å². The summed E-state index contributed by atoms with van der Waals surface area (Å²) in [5.74, 6) is 0. The summed E-state index contributed by atoms with van der Waals surface area (Å²) in [6, 6.07) is 0. The highest BCUT2D eigenvalue weighted by molar-refractivity contribution is 5.67. The van der Waals surface area contributed by atoms with Gasteiger partial charge in [-0.2, -0.15) is 5.10 Å². The summed E-state index contributed by atoms with van der Waals surface area (Å²) >= 11 is 0. The van der Waals surface area contributed by atoms with E-state index >= 15 is 0 Å². The maximum absolute atomic E-state index is 5.52. The Kier molecular flexibility index (Phi) is 1.37. The minimum Gasteiger partial charge on any atom is -0.397 e. The minimum atomic E-state index is 0.442. The van der Waals surface area contributed by atoms with Crippen molar-refractivity contribution >= 4 is 11.4 Å². The third-order valence-corrected chi connectivity index (χ3v) is 1.27. The number of nitrogens with zero attached hydrogens (tertiary/aromatic N) is 2. The van der Waals surface area contributed by atoms with Gasteiger partial charge in [0.25, 0.3) is 0 Å². The van der Waals surface area contributed by atoms with E-state index in [-0.39, 0.29) is 0 Å². The van der Waals surface area contributed by atoms with Crippen molar-refractivity contribution < 1.29 is 0 Å². The number of hydrogen-bond acceptors (Lipinski definition) is 3. The van der Waals surface area contributed by atoms with Crippen LogP contribution in [0.15, 0.2) is 12.8 Å². The van der Waals surface area contributed by atoms with Gasteiger partial charge in [0.15, 0.2) is 0 Å².